The third-order valence-corrected chi connectivity index (χ3v) is 2.57. The van der Waals surface area contributed by atoms with Crippen molar-refractivity contribution in [1.29, 1.82) is 5.26 Å². The second kappa shape index (κ2) is 4.95. The normalized spacial score (nSPS) is 14.3. The molecule has 0 saturated carbocycles. The fourth-order valence-electron chi connectivity index (χ4n) is 1.80. The molecule has 1 aromatic carbocycles. The maximum Gasteiger partial charge on any atom is 0.0948 e. The molecule has 0 aromatic heterocycles. The van der Waals surface area contributed by atoms with E-state index in [4.69, 9.17) is 5.26 Å². The molecule has 80 valence electrons. The minimum absolute atomic E-state index is 0.314. The van der Waals surface area contributed by atoms with E-state index in [9.17, 15) is 5.11 Å². The van der Waals surface area contributed by atoms with Gasteiger partial charge in [-0.15, -0.1) is 0 Å². The first-order chi connectivity index (χ1) is 7.08. The Hall–Kier alpha value is -1.33. The molecule has 0 saturated heterocycles. The van der Waals surface area contributed by atoms with Crippen LogP contribution < -0.4 is 0 Å². The van der Waals surface area contributed by atoms with Gasteiger partial charge in [-0.05, 0) is 25.8 Å². The van der Waals surface area contributed by atoms with Crippen molar-refractivity contribution in [2.75, 3.05) is 0 Å². The van der Waals surface area contributed by atoms with Gasteiger partial charge in [0.1, 0.15) is 0 Å². The quantitative estimate of drug-likeness (QED) is 0.820. The van der Waals surface area contributed by atoms with Crippen LogP contribution in [0.2, 0.25) is 0 Å². The van der Waals surface area contributed by atoms with E-state index in [-0.39, 0.29) is 5.92 Å². The third kappa shape index (κ3) is 2.81. The molecule has 0 amide bonds. The lowest BCUT2D eigenvalue weighted by Gasteiger charge is -2.16. The highest BCUT2D eigenvalue weighted by atomic mass is 16.3. The molecule has 0 bridgehead atoms. The van der Waals surface area contributed by atoms with E-state index in [2.05, 4.69) is 12.1 Å². The molecule has 2 unspecified atom stereocenters. The number of rotatable bonds is 3. The Kier molecular flexibility index (Phi) is 3.88. The summed E-state index contributed by atoms with van der Waals surface area (Å²) in [6, 6.07) is 8.08. The van der Waals surface area contributed by atoms with E-state index >= 15 is 0 Å². The van der Waals surface area contributed by atoms with Gasteiger partial charge in [0, 0.05) is 0 Å². The molecule has 0 radical (unpaired) electrons. The fourth-order valence-corrected chi connectivity index (χ4v) is 1.80. The zero-order chi connectivity index (χ0) is 11.4. The SMILES string of the molecule is CCC(C#N)C(O)c1cc(C)cc(C)c1. The molecule has 2 nitrogen and oxygen atoms in total. The molecule has 2 heteroatoms. The summed E-state index contributed by atoms with van der Waals surface area (Å²) < 4.78 is 0. The zero-order valence-electron chi connectivity index (χ0n) is 9.49. The summed E-state index contributed by atoms with van der Waals surface area (Å²) >= 11 is 0. The van der Waals surface area contributed by atoms with Crippen LogP contribution >= 0.6 is 0 Å². The fraction of sp³-hybridized carbons (Fsp3) is 0.462. The van der Waals surface area contributed by atoms with Gasteiger partial charge in [-0.1, -0.05) is 36.2 Å². The van der Waals surface area contributed by atoms with E-state index in [1.165, 1.54) is 0 Å². The highest BCUT2D eigenvalue weighted by Gasteiger charge is 2.18. The van der Waals surface area contributed by atoms with Gasteiger partial charge < -0.3 is 5.11 Å². The van der Waals surface area contributed by atoms with Gasteiger partial charge in [0.2, 0.25) is 0 Å². The van der Waals surface area contributed by atoms with Crippen LogP contribution in [0.3, 0.4) is 0 Å². The lowest BCUT2D eigenvalue weighted by Crippen LogP contribution is -2.10. The second-order valence-electron chi connectivity index (χ2n) is 4.01. The van der Waals surface area contributed by atoms with Crippen LogP contribution in [-0.2, 0) is 0 Å². The minimum atomic E-state index is -0.668. The topological polar surface area (TPSA) is 44.0 Å². The number of aliphatic hydroxyl groups is 1. The Morgan fingerprint density at radius 3 is 2.20 bits per heavy atom. The van der Waals surface area contributed by atoms with Crippen LogP contribution in [0.1, 0.15) is 36.1 Å². The standard InChI is InChI=1S/C13H17NO/c1-4-11(8-14)13(15)12-6-9(2)5-10(3)7-12/h5-7,11,13,15H,4H2,1-3H3. The maximum absolute atomic E-state index is 10.0. The van der Waals surface area contributed by atoms with E-state index in [0.717, 1.165) is 16.7 Å². The monoisotopic (exact) mass is 203 g/mol. The Morgan fingerprint density at radius 2 is 1.80 bits per heavy atom. The molecule has 0 spiro atoms. The number of hydrogen-bond donors (Lipinski definition) is 1. The van der Waals surface area contributed by atoms with Crippen LogP contribution in [-0.4, -0.2) is 5.11 Å². The van der Waals surface area contributed by atoms with Gasteiger partial charge in [0.05, 0.1) is 18.1 Å². The molecule has 1 N–H and O–H groups in total. The van der Waals surface area contributed by atoms with Crippen LogP contribution in [0, 0.1) is 31.1 Å². The summed E-state index contributed by atoms with van der Waals surface area (Å²) in [5, 5.41) is 18.9. The van der Waals surface area contributed by atoms with E-state index in [1.807, 2.05) is 32.9 Å². The first-order valence-electron chi connectivity index (χ1n) is 5.24. The number of benzene rings is 1. The average molecular weight is 203 g/mol. The van der Waals surface area contributed by atoms with Gasteiger partial charge in [0.25, 0.3) is 0 Å². The number of hydrogen-bond acceptors (Lipinski definition) is 2. The highest BCUT2D eigenvalue weighted by Crippen LogP contribution is 2.25. The van der Waals surface area contributed by atoms with Crippen LogP contribution in [0.15, 0.2) is 18.2 Å². The molecule has 0 aliphatic rings. The third-order valence-electron chi connectivity index (χ3n) is 2.57. The lowest BCUT2D eigenvalue weighted by atomic mass is 9.93. The van der Waals surface area contributed by atoms with Crippen molar-refractivity contribution in [3.63, 3.8) is 0 Å². The molecule has 1 rings (SSSR count). The Morgan fingerprint density at radius 1 is 1.27 bits per heavy atom. The highest BCUT2D eigenvalue weighted by molar-refractivity contribution is 5.30. The average Bonchev–Trinajstić information content (AvgIpc) is 2.18. The first kappa shape index (κ1) is 11.7. The van der Waals surface area contributed by atoms with Crippen molar-refractivity contribution in [2.24, 2.45) is 5.92 Å². The summed E-state index contributed by atoms with van der Waals surface area (Å²) in [7, 11) is 0. The number of aliphatic hydroxyl groups excluding tert-OH is 1. The summed E-state index contributed by atoms with van der Waals surface area (Å²) in [4.78, 5) is 0. The number of nitrogens with zero attached hydrogens (tertiary/aromatic N) is 1. The largest absolute Gasteiger partial charge is 0.387 e. The molecular weight excluding hydrogens is 186 g/mol. The molecule has 2 atom stereocenters. The van der Waals surface area contributed by atoms with Gasteiger partial charge >= 0.3 is 0 Å². The molecule has 0 heterocycles. The van der Waals surface area contributed by atoms with Gasteiger partial charge in [-0.3, -0.25) is 0 Å². The van der Waals surface area contributed by atoms with E-state index in [1.54, 1.807) is 0 Å². The molecular formula is C13H17NO. The predicted molar refractivity (Wildman–Crippen MR) is 60.3 cm³/mol. The van der Waals surface area contributed by atoms with Crippen LogP contribution in [0.4, 0.5) is 0 Å². The van der Waals surface area contributed by atoms with Crippen molar-refractivity contribution in [1.82, 2.24) is 0 Å². The van der Waals surface area contributed by atoms with Gasteiger partial charge in [-0.25, -0.2) is 0 Å². The molecule has 0 fully saturated rings. The second-order valence-corrected chi connectivity index (χ2v) is 4.01. The Balaban J connectivity index is 3.00. The summed E-state index contributed by atoms with van der Waals surface area (Å²) in [5.41, 5.74) is 3.09. The zero-order valence-corrected chi connectivity index (χ0v) is 9.49. The lowest BCUT2D eigenvalue weighted by molar-refractivity contribution is 0.132. The van der Waals surface area contributed by atoms with Crippen molar-refractivity contribution in [3.05, 3.63) is 34.9 Å². The Bertz CT molecular complexity index is 358. The van der Waals surface area contributed by atoms with Crippen molar-refractivity contribution in [3.8, 4) is 6.07 Å². The smallest absolute Gasteiger partial charge is 0.0948 e. The molecule has 15 heavy (non-hydrogen) atoms. The number of nitriles is 1. The van der Waals surface area contributed by atoms with E-state index < -0.39 is 6.10 Å². The van der Waals surface area contributed by atoms with Gasteiger partial charge in [-0.2, -0.15) is 5.26 Å². The van der Waals surface area contributed by atoms with Crippen LogP contribution in [0.25, 0.3) is 0 Å². The minimum Gasteiger partial charge on any atom is -0.387 e. The summed E-state index contributed by atoms with van der Waals surface area (Å²) in [6.07, 6.45) is 0.00332. The molecule has 0 aliphatic carbocycles. The Labute approximate surface area is 91.2 Å². The maximum atomic E-state index is 10.0. The molecule has 1 aromatic rings. The van der Waals surface area contributed by atoms with Crippen molar-refractivity contribution >= 4 is 0 Å². The molecule has 0 aliphatic heterocycles. The van der Waals surface area contributed by atoms with E-state index in [0.29, 0.717) is 6.42 Å². The van der Waals surface area contributed by atoms with Gasteiger partial charge in [0.15, 0.2) is 0 Å². The number of aryl methyl sites for hydroxylation is 2. The first-order valence-corrected chi connectivity index (χ1v) is 5.24. The summed E-state index contributed by atoms with van der Waals surface area (Å²) in [6.45, 7) is 5.91. The summed E-state index contributed by atoms with van der Waals surface area (Å²) in [5.74, 6) is -0.314. The van der Waals surface area contributed by atoms with Crippen molar-refractivity contribution in [2.45, 2.75) is 33.3 Å². The van der Waals surface area contributed by atoms with Crippen molar-refractivity contribution < 1.29 is 5.11 Å². The van der Waals surface area contributed by atoms with Crippen LogP contribution in [0.5, 0.6) is 0 Å². The predicted octanol–water partition coefficient (Wildman–Crippen LogP) is 2.89.